The highest BCUT2D eigenvalue weighted by atomic mass is 16.5. The molecule has 2 aromatic carbocycles. The number of likely N-dealkylation sites (tertiary alicyclic amines) is 1. The summed E-state index contributed by atoms with van der Waals surface area (Å²) in [7, 11) is 0. The molecule has 2 heterocycles. The predicted molar refractivity (Wildman–Crippen MR) is 92.1 cm³/mol. The molecule has 2 aromatic rings. The van der Waals surface area contributed by atoms with E-state index >= 15 is 0 Å². The van der Waals surface area contributed by atoms with Crippen LogP contribution in [0.25, 0.3) is 5.57 Å². The summed E-state index contributed by atoms with van der Waals surface area (Å²) in [5.41, 5.74) is 6.04. The zero-order valence-electron chi connectivity index (χ0n) is 13.4. The SMILES string of the molecule is O=C(O)N1CCC(=C2c3ccccc3COc3ccccc32)CC1. The van der Waals surface area contributed by atoms with Gasteiger partial charge in [-0.3, -0.25) is 0 Å². The fraction of sp³-hybridized carbons (Fsp3) is 0.250. The van der Waals surface area contributed by atoms with E-state index in [2.05, 4.69) is 24.3 Å². The molecule has 1 fully saturated rings. The summed E-state index contributed by atoms with van der Waals surface area (Å²) in [6.07, 6.45) is 0.707. The van der Waals surface area contributed by atoms with Crippen LogP contribution in [0.15, 0.2) is 54.1 Å². The minimum atomic E-state index is -0.830. The fourth-order valence-corrected chi connectivity index (χ4v) is 3.59. The first-order valence-electron chi connectivity index (χ1n) is 8.24. The highest BCUT2D eigenvalue weighted by molar-refractivity contribution is 5.87. The second-order valence-electron chi connectivity index (χ2n) is 6.19. The Balaban J connectivity index is 1.85. The Hall–Kier alpha value is -2.75. The van der Waals surface area contributed by atoms with Gasteiger partial charge in [-0.15, -0.1) is 0 Å². The standard InChI is InChI=1S/C20H19NO3/c22-20(23)21-11-9-14(10-12-21)19-16-6-2-1-5-15(16)13-24-18-8-4-3-7-17(18)19/h1-8H,9-13H2,(H,22,23). The smallest absolute Gasteiger partial charge is 0.407 e. The van der Waals surface area contributed by atoms with Gasteiger partial charge in [-0.25, -0.2) is 4.79 Å². The molecule has 2 aliphatic rings. The Kier molecular flexibility index (Phi) is 3.73. The van der Waals surface area contributed by atoms with Gasteiger partial charge in [0, 0.05) is 18.7 Å². The number of ether oxygens (including phenoxy) is 1. The van der Waals surface area contributed by atoms with Crippen LogP contribution in [0.2, 0.25) is 0 Å². The molecule has 1 amide bonds. The third kappa shape index (κ3) is 2.54. The number of hydrogen-bond acceptors (Lipinski definition) is 2. The molecule has 122 valence electrons. The minimum Gasteiger partial charge on any atom is -0.488 e. The number of amides is 1. The predicted octanol–water partition coefficient (Wildman–Crippen LogP) is 4.15. The van der Waals surface area contributed by atoms with Crippen molar-refractivity contribution < 1.29 is 14.6 Å². The fourth-order valence-electron chi connectivity index (χ4n) is 3.59. The van der Waals surface area contributed by atoms with Crippen molar-refractivity contribution in [1.29, 1.82) is 0 Å². The van der Waals surface area contributed by atoms with Crippen molar-refractivity contribution in [2.24, 2.45) is 0 Å². The molecule has 0 atom stereocenters. The lowest BCUT2D eigenvalue weighted by atomic mass is 9.86. The molecule has 4 heteroatoms. The van der Waals surface area contributed by atoms with E-state index in [0.717, 1.165) is 24.2 Å². The maximum Gasteiger partial charge on any atom is 0.407 e. The molecule has 0 bridgehead atoms. The summed E-state index contributed by atoms with van der Waals surface area (Å²) in [6.45, 7) is 1.67. The normalized spacial score (nSPS) is 16.8. The lowest BCUT2D eigenvalue weighted by Gasteiger charge is -2.28. The largest absolute Gasteiger partial charge is 0.488 e. The number of para-hydroxylation sites is 1. The van der Waals surface area contributed by atoms with Crippen molar-refractivity contribution in [2.75, 3.05) is 13.1 Å². The van der Waals surface area contributed by atoms with Gasteiger partial charge < -0.3 is 14.7 Å². The summed E-state index contributed by atoms with van der Waals surface area (Å²) in [4.78, 5) is 12.7. The first-order valence-corrected chi connectivity index (χ1v) is 8.24. The third-order valence-electron chi connectivity index (χ3n) is 4.82. The Morgan fingerprint density at radius 2 is 1.62 bits per heavy atom. The van der Waals surface area contributed by atoms with Crippen LogP contribution in [0.4, 0.5) is 4.79 Å². The van der Waals surface area contributed by atoms with E-state index in [-0.39, 0.29) is 0 Å². The topological polar surface area (TPSA) is 49.8 Å². The zero-order chi connectivity index (χ0) is 16.5. The van der Waals surface area contributed by atoms with Gasteiger partial charge in [-0.05, 0) is 35.6 Å². The van der Waals surface area contributed by atoms with Crippen molar-refractivity contribution >= 4 is 11.7 Å². The van der Waals surface area contributed by atoms with Crippen molar-refractivity contribution in [3.63, 3.8) is 0 Å². The summed E-state index contributed by atoms with van der Waals surface area (Å²) in [5, 5.41) is 9.19. The molecular weight excluding hydrogens is 302 g/mol. The van der Waals surface area contributed by atoms with Crippen LogP contribution in [-0.4, -0.2) is 29.2 Å². The first-order chi connectivity index (χ1) is 11.7. The number of hydrogen-bond donors (Lipinski definition) is 1. The number of benzene rings is 2. The van der Waals surface area contributed by atoms with Crippen molar-refractivity contribution in [3.8, 4) is 5.75 Å². The van der Waals surface area contributed by atoms with Gasteiger partial charge in [0.05, 0.1) is 0 Å². The molecule has 2 aliphatic heterocycles. The second-order valence-corrected chi connectivity index (χ2v) is 6.19. The van der Waals surface area contributed by atoms with Gasteiger partial charge >= 0.3 is 6.09 Å². The Morgan fingerprint density at radius 3 is 2.38 bits per heavy atom. The molecule has 0 aromatic heterocycles. The van der Waals surface area contributed by atoms with E-state index in [9.17, 15) is 9.90 Å². The quantitative estimate of drug-likeness (QED) is 0.793. The Labute approximate surface area is 141 Å². The zero-order valence-corrected chi connectivity index (χ0v) is 13.4. The Morgan fingerprint density at radius 1 is 0.958 bits per heavy atom. The van der Waals surface area contributed by atoms with Crippen LogP contribution in [0.1, 0.15) is 29.5 Å². The van der Waals surface area contributed by atoms with Gasteiger partial charge in [0.15, 0.2) is 0 Å². The molecule has 0 saturated carbocycles. The van der Waals surface area contributed by atoms with Gasteiger partial charge in [0.25, 0.3) is 0 Å². The number of carbonyl (C=O) groups is 1. The summed E-state index contributed by atoms with van der Waals surface area (Å²) in [6, 6.07) is 16.5. The number of nitrogens with zero attached hydrogens (tertiary/aromatic N) is 1. The third-order valence-corrected chi connectivity index (χ3v) is 4.82. The minimum absolute atomic E-state index is 0.555. The average Bonchev–Trinajstić information content (AvgIpc) is 2.79. The maximum absolute atomic E-state index is 11.2. The summed E-state index contributed by atoms with van der Waals surface area (Å²) < 4.78 is 6.02. The van der Waals surface area contributed by atoms with E-state index in [1.54, 1.807) is 0 Å². The Bertz CT molecular complexity index is 766. The summed E-state index contributed by atoms with van der Waals surface area (Å²) in [5.74, 6) is 0.900. The number of fused-ring (bicyclic) bond motifs is 2. The molecule has 1 saturated heterocycles. The molecule has 1 N–H and O–H groups in total. The highest BCUT2D eigenvalue weighted by Gasteiger charge is 2.25. The molecule has 0 spiro atoms. The monoisotopic (exact) mass is 321 g/mol. The van der Waals surface area contributed by atoms with Crippen LogP contribution in [0.5, 0.6) is 5.75 Å². The lowest BCUT2D eigenvalue weighted by Crippen LogP contribution is -2.35. The van der Waals surface area contributed by atoms with Crippen LogP contribution in [0, 0.1) is 0 Å². The number of piperidine rings is 1. The average molecular weight is 321 g/mol. The van der Waals surface area contributed by atoms with Crippen molar-refractivity contribution in [1.82, 2.24) is 4.90 Å². The van der Waals surface area contributed by atoms with Crippen molar-refractivity contribution in [3.05, 3.63) is 70.8 Å². The van der Waals surface area contributed by atoms with Crippen LogP contribution < -0.4 is 4.74 Å². The second kappa shape index (κ2) is 6.04. The van der Waals surface area contributed by atoms with E-state index < -0.39 is 6.09 Å². The van der Waals surface area contributed by atoms with Crippen LogP contribution in [0.3, 0.4) is 0 Å². The van der Waals surface area contributed by atoms with Gasteiger partial charge in [0.2, 0.25) is 0 Å². The van der Waals surface area contributed by atoms with Crippen molar-refractivity contribution in [2.45, 2.75) is 19.4 Å². The molecule has 0 radical (unpaired) electrons. The van der Waals surface area contributed by atoms with E-state index in [0.29, 0.717) is 19.7 Å². The van der Waals surface area contributed by atoms with Crippen LogP contribution in [-0.2, 0) is 6.61 Å². The van der Waals surface area contributed by atoms with E-state index in [4.69, 9.17) is 4.74 Å². The highest BCUT2D eigenvalue weighted by Crippen LogP contribution is 2.40. The van der Waals surface area contributed by atoms with Gasteiger partial charge in [-0.2, -0.15) is 0 Å². The molecule has 24 heavy (non-hydrogen) atoms. The molecule has 0 unspecified atom stereocenters. The summed E-state index contributed by atoms with van der Waals surface area (Å²) >= 11 is 0. The van der Waals surface area contributed by atoms with Gasteiger partial charge in [-0.1, -0.05) is 48.0 Å². The molecule has 0 aliphatic carbocycles. The molecule has 4 nitrogen and oxygen atoms in total. The van der Waals surface area contributed by atoms with E-state index in [1.807, 2.05) is 24.3 Å². The lowest BCUT2D eigenvalue weighted by molar-refractivity contribution is 0.142. The van der Waals surface area contributed by atoms with Crippen LogP contribution >= 0.6 is 0 Å². The maximum atomic E-state index is 11.2. The van der Waals surface area contributed by atoms with E-state index in [1.165, 1.54) is 27.2 Å². The molecular formula is C20H19NO3. The molecule has 4 rings (SSSR count). The number of carboxylic acid groups (broad SMARTS) is 1. The van der Waals surface area contributed by atoms with Gasteiger partial charge in [0.1, 0.15) is 12.4 Å². The first kappa shape index (κ1) is 14.8. The number of rotatable bonds is 0.